The van der Waals surface area contributed by atoms with E-state index >= 15 is 0 Å². The molecular weight excluding hydrogens is 599 g/mol. The average Bonchev–Trinajstić information content (AvgIpc) is 3.71. The third-order valence-corrected chi connectivity index (χ3v) is 12.3. The zero-order chi connectivity index (χ0) is 31.2. The predicted molar refractivity (Wildman–Crippen MR) is 171 cm³/mol. The van der Waals surface area contributed by atoms with E-state index in [0.717, 1.165) is 40.9 Å². The van der Waals surface area contributed by atoms with Crippen molar-refractivity contribution in [2.75, 3.05) is 44.6 Å². The van der Waals surface area contributed by atoms with Gasteiger partial charge in [0.2, 0.25) is 0 Å². The number of aromatic nitrogens is 3. The summed E-state index contributed by atoms with van der Waals surface area (Å²) in [5.41, 5.74) is 2.79. The van der Waals surface area contributed by atoms with E-state index in [2.05, 4.69) is 46.1 Å². The van der Waals surface area contributed by atoms with E-state index in [1.54, 1.807) is 16.4 Å². The highest BCUT2D eigenvalue weighted by molar-refractivity contribution is 7.91. The number of piperazine rings is 1. The number of hydrogen-bond acceptors (Lipinski definition) is 10. The van der Waals surface area contributed by atoms with Gasteiger partial charge in [0.1, 0.15) is 16.4 Å². The maximum atomic E-state index is 13.5. The number of nitrogens with one attached hydrogen (secondary N) is 1. The fourth-order valence-electron chi connectivity index (χ4n) is 6.18. The van der Waals surface area contributed by atoms with E-state index in [1.807, 2.05) is 36.9 Å². The number of fused-ring (bicyclic) bond motifs is 1. The lowest BCUT2D eigenvalue weighted by molar-refractivity contribution is 0.0654. The van der Waals surface area contributed by atoms with E-state index in [4.69, 9.17) is 4.52 Å². The number of aryl methyl sites for hydroxylation is 1. The fraction of sp³-hybridized carbons (Fsp3) is 0.484. The molecule has 11 nitrogen and oxygen atoms in total. The number of likely N-dealkylation sites (tertiary alicyclic amines) is 1. The van der Waals surface area contributed by atoms with Crippen molar-refractivity contribution in [1.82, 2.24) is 29.2 Å². The average molecular weight is 638 g/mol. The van der Waals surface area contributed by atoms with E-state index in [-0.39, 0.29) is 17.5 Å². The van der Waals surface area contributed by atoms with Crippen LogP contribution in [0, 0.1) is 13.8 Å². The summed E-state index contributed by atoms with van der Waals surface area (Å²) in [7, 11) is -3.61. The molecule has 2 saturated heterocycles. The fourth-order valence-corrected chi connectivity index (χ4v) is 9.09. The largest absolute Gasteiger partial charge is 0.366 e. The molecule has 1 aromatic carbocycles. The van der Waals surface area contributed by atoms with Crippen LogP contribution in [0.1, 0.15) is 55.2 Å². The molecule has 0 bridgehead atoms. The highest BCUT2D eigenvalue weighted by Gasteiger charge is 2.36. The third kappa shape index (κ3) is 5.73. The number of sulfonamides is 1. The first-order chi connectivity index (χ1) is 21.0. The monoisotopic (exact) mass is 637 g/mol. The first kappa shape index (κ1) is 30.6. The van der Waals surface area contributed by atoms with Gasteiger partial charge in [-0.1, -0.05) is 11.2 Å². The number of carbonyl (C=O) groups excluding carboxylic acids is 1. The van der Waals surface area contributed by atoms with Gasteiger partial charge in [-0.3, -0.25) is 9.69 Å². The van der Waals surface area contributed by atoms with E-state index in [0.29, 0.717) is 59.6 Å². The Balaban J connectivity index is 1.09. The van der Waals surface area contributed by atoms with E-state index < -0.39 is 10.0 Å². The molecule has 0 radical (unpaired) electrons. The Morgan fingerprint density at radius 3 is 2.55 bits per heavy atom. The number of benzene rings is 1. The maximum Gasteiger partial charge on any atom is 0.256 e. The molecule has 0 saturated carbocycles. The highest BCUT2D eigenvalue weighted by atomic mass is 32.2. The number of hydrogen-bond donors (Lipinski definition) is 1. The second-order valence-corrected chi connectivity index (χ2v) is 15.6. The van der Waals surface area contributed by atoms with Crippen LogP contribution in [0.15, 0.2) is 45.4 Å². The topological polar surface area (TPSA) is 125 Å². The normalized spacial score (nSPS) is 18.6. The predicted octanol–water partition coefficient (Wildman–Crippen LogP) is 4.78. The minimum atomic E-state index is -3.61. The second kappa shape index (κ2) is 11.8. The number of carbonyl (C=O) groups is 1. The summed E-state index contributed by atoms with van der Waals surface area (Å²) in [6.07, 6.45) is 3.50. The van der Waals surface area contributed by atoms with Crippen molar-refractivity contribution < 1.29 is 17.7 Å². The van der Waals surface area contributed by atoms with Crippen LogP contribution < -0.4 is 5.32 Å². The lowest BCUT2D eigenvalue weighted by atomic mass is 10.0. The molecule has 1 N–H and O–H groups in total. The number of thiophene rings is 1. The Kier molecular flexibility index (Phi) is 8.24. The molecule has 44 heavy (non-hydrogen) atoms. The Bertz CT molecular complexity index is 1790. The highest BCUT2D eigenvalue weighted by Crippen LogP contribution is 2.35. The van der Waals surface area contributed by atoms with Crippen LogP contribution in [0.25, 0.3) is 21.5 Å². The van der Waals surface area contributed by atoms with Crippen LogP contribution in [0.2, 0.25) is 0 Å². The third-order valence-electron chi connectivity index (χ3n) is 8.84. The van der Waals surface area contributed by atoms with Crippen molar-refractivity contribution in [3.63, 3.8) is 0 Å². The summed E-state index contributed by atoms with van der Waals surface area (Å²) in [6.45, 7) is 13.6. The number of amides is 1. The molecule has 3 aromatic heterocycles. The maximum absolute atomic E-state index is 13.5. The standard InChI is InChI=1S/C31H39N7O4S2/c1-20(34-29-23-8-6-9-24(27(23)32-19-33-29)30(39)38-13-7-12-31(38,4)5)18-36-14-16-37(17-15-36)44(40,41)26-11-10-25(43-26)28-21(2)22(3)35-42-28/h6,8-11,19-20H,7,12-18H2,1-5H3,(H,32,33,34). The van der Waals surface area contributed by atoms with Crippen LogP contribution >= 0.6 is 11.3 Å². The van der Waals surface area contributed by atoms with Crippen molar-refractivity contribution in [2.24, 2.45) is 0 Å². The van der Waals surface area contributed by atoms with Crippen molar-refractivity contribution in [3.05, 3.63) is 53.5 Å². The Labute approximate surface area is 262 Å². The molecule has 234 valence electrons. The quantitative estimate of drug-likeness (QED) is 0.291. The minimum Gasteiger partial charge on any atom is -0.366 e. The van der Waals surface area contributed by atoms with Crippen molar-refractivity contribution in [3.8, 4) is 10.6 Å². The van der Waals surface area contributed by atoms with Crippen LogP contribution in [-0.4, -0.2) is 94.4 Å². The summed E-state index contributed by atoms with van der Waals surface area (Å²) >= 11 is 1.21. The second-order valence-electron chi connectivity index (χ2n) is 12.4. The van der Waals surface area contributed by atoms with Gasteiger partial charge < -0.3 is 14.7 Å². The van der Waals surface area contributed by atoms with Crippen molar-refractivity contribution in [1.29, 1.82) is 0 Å². The SMILES string of the molecule is Cc1noc(-c2ccc(S(=O)(=O)N3CCN(CC(C)Nc4ncnc5c(C(=O)N6CCCC6(C)C)cccc45)CC3)s2)c1C. The van der Waals surface area contributed by atoms with Gasteiger partial charge in [0.25, 0.3) is 15.9 Å². The summed E-state index contributed by atoms with van der Waals surface area (Å²) in [4.78, 5) is 27.5. The number of para-hydroxylation sites is 1. The first-order valence-corrected chi connectivity index (χ1v) is 17.3. The van der Waals surface area contributed by atoms with Gasteiger partial charge >= 0.3 is 0 Å². The van der Waals surface area contributed by atoms with Gasteiger partial charge in [-0.2, -0.15) is 4.31 Å². The van der Waals surface area contributed by atoms with Crippen molar-refractivity contribution in [2.45, 2.75) is 63.3 Å². The molecule has 0 aliphatic carbocycles. The summed E-state index contributed by atoms with van der Waals surface area (Å²) in [5, 5.41) is 8.32. The Morgan fingerprint density at radius 2 is 1.86 bits per heavy atom. The Morgan fingerprint density at radius 1 is 1.09 bits per heavy atom. The van der Waals surface area contributed by atoms with Gasteiger partial charge in [0.15, 0.2) is 5.76 Å². The molecule has 5 heterocycles. The first-order valence-electron chi connectivity index (χ1n) is 15.0. The number of anilines is 1. The molecule has 2 fully saturated rings. The molecule has 0 spiro atoms. The molecule has 2 aliphatic rings. The summed E-state index contributed by atoms with van der Waals surface area (Å²) in [6, 6.07) is 9.16. The number of nitrogens with zero attached hydrogens (tertiary/aromatic N) is 6. The zero-order valence-electron chi connectivity index (χ0n) is 25.8. The van der Waals surface area contributed by atoms with Gasteiger partial charge in [-0.15, -0.1) is 11.3 Å². The molecule has 1 atom stereocenters. The molecular formula is C31H39N7O4S2. The summed E-state index contributed by atoms with van der Waals surface area (Å²) in [5.74, 6) is 1.31. The smallest absolute Gasteiger partial charge is 0.256 e. The van der Waals surface area contributed by atoms with Gasteiger partial charge in [-0.25, -0.2) is 18.4 Å². The molecule has 2 aliphatic heterocycles. The molecule has 4 aromatic rings. The van der Waals surface area contributed by atoms with Gasteiger partial charge in [-0.05, 0) is 71.7 Å². The van der Waals surface area contributed by atoms with Crippen LogP contribution in [0.5, 0.6) is 0 Å². The molecule has 1 amide bonds. The van der Waals surface area contributed by atoms with E-state index in [1.165, 1.54) is 17.7 Å². The van der Waals surface area contributed by atoms with Crippen LogP contribution in [0.3, 0.4) is 0 Å². The van der Waals surface area contributed by atoms with Crippen LogP contribution in [-0.2, 0) is 10.0 Å². The molecule has 6 rings (SSSR count). The zero-order valence-corrected chi connectivity index (χ0v) is 27.5. The molecule has 13 heteroatoms. The Hall–Kier alpha value is -3.39. The number of rotatable bonds is 8. The van der Waals surface area contributed by atoms with Crippen molar-refractivity contribution >= 4 is 44.0 Å². The van der Waals surface area contributed by atoms with Crippen LogP contribution in [0.4, 0.5) is 5.82 Å². The summed E-state index contributed by atoms with van der Waals surface area (Å²) < 4.78 is 34.2. The molecule has 1 unspecified atom stereocenters. The lowest BCUT2D eigenvalue weighted by Crippen LogP contribution is -2.50. The van der Waals surface area contributed by atoms with E-state index in [9.17, 15) is 13.2 Å². The lowest BCUT2D eigenvalue weighted by Gasteiger charge is -2.35. The minimum absolute atomic E-state index is 0.00517. The van der Waals surface area contributed by atoms with Gasteiger partial charge in [0, 0.05) is 61.8 Å². The van der Waals surface area contributed by atoms with Gasteiger partial charge in [0.05, 0.1) is 21.7 Å².